The van der Waals surface area contributed by atoms with Gasteiger partial charge >= 0.3 is 0 Å². The van der Waals surface area contributed by atoms with E-state index in [1.54, 1.807) is 0 Å². The zero-order valence-electron chi connectivity index (χ0n) is 7.07. The van der Waals surface area contributed by atoms with Crippen LogP contribution >= 0.6 is 15.9 Å². The fourth-order valence-electron chi connectivity index (χ4n) is 1.70. The van der Waals surface area contributed by atoms with Crippen molar-refractivity contribution in [1.82, 2.24) is 0 Å². The average Bonchev–Trinajstić information content (AvgIpc) is 2.37. The van der Waals surface area contributed by atoms with Gasteiger partial charge in [-0.15, -0.1) is 11.8 Å². The lowest BCUT2D eigenvalue weighted by atomic mass is 10.0. The molecule has 0 aromatic carbocycles. The minimum atomic E-state index is 0.779. The van der Waals surface area contributed by atoms with Crippen molar-refractivity contribution in [1.29, 1.82) is 0 Å². The van der Waals surface area contributed by atoms with Crippen molar-refractivity contribution in [2.24, 2.45) is 5.92 Å². The maximum absolute atomic E-state index is 3.71. The van der Waals surface area contributed by atoms with Crippen LogP contribution in [0.1, 0.15) is 39.0 Å². The summed E-state index contributed by atoms with van der Waals surface area (Å²) in [6, 6.07) is 0. The monoisotopic (exact) mass is 214 g/mol. The van der Waals surface area contributed by atoms with Gasteiger partial charge in [-0.2, -0.15) is 0 Å². The third-order valence-corrected chi connectivity index (χ3v) is 3.59. The summed E-state index contributed by atoms with van der Waals surface area (Å²) in [5.74, 6) is 6.96. The molecule has 2 atom stereocenters. The van der Waals surface area contributed by atoms with Gasteiger partial charge in [0.05, 0.1) is 0 Å². The first-order valence-corrected chi connectivity index (χ1v) is 5.30. The molecular formula is C10H15Br. The summed E-state index contributed by atoms with van der Waals surface area (Å²) in [5, 5.41) is 0. The molecule has 0 aromatic rings. The molecule has 0 saturated heterocycles. The summed E-state index contributed by atoms with van der Waals surface area (Å²) < 4.78 is 0. The molecular weight excluding hydrogens is 200 g/mol. The van der Waals surface area contributed by atoms with Gasteiger partial charge in [0.1, 0.15) is 0 Å². The summed E-state index contributed by atoms with van der Waals surface area (Å²) in [4.78, 5) is 0.779. The third-order valence-electron chi connectivity index (χ3n) is 2.38. The van der Waals surface area contributed by atoms with Crippen LogP contribution in [0.15, 0.2) is 0 Å². The summed E-state index contributed by atoms with van der Waals surface area (Å²) >= 11 is 3.71. The molecule has 1 aliphatic rings. The standard InChI is InChI=1S/C10H15Br/c1-2-3-4-6-9-7-5-8-10(9)11/h9-10H,4-8H2,1H3. The Kier molecular flexibility index (Phi) is 4.01. The molecule has 0 spiro atoms. The highest BCUT2D eigenvalue weighted by atomic mass is 79.9. The van der Waals surface area contributed by atoms with Crippen LogP contribution in [0.3, 0.4) is 0 Å². The zero-order chi connectivity index (χ0) is 8.10. The minimum absolute atomic E-state index is 0.779. The molecule has 2 unspecified atom stereocenters. The van der Waals surface area contributed by atoms with Crippen molar-refractivity contribution in [2.45, 2.75) is 43.9 Å². The molecule has 62 valence electrons. The molecule has 0 radical (unpaired) electrons. The van der Waals surface area contributed by atoms with E-state index in [-0.39, 0.29) is 0 Å². The van der Waals surface area contributed by atoms with Gasteiger partial charge in [0, 0.05) is 11.2 Å². The van der Waals surface area contributed by atoms with Gasteiger partial charge in [0.2, 0.25) is 0 Å². The van der Waals surface area contributed by atoms with E-state index in [2.05, 4.69) is 27.8 Å². The van der Waals surface area contributed by atoms with Crippen molar-refractivity contribution in [3.63, 3.8) is 0 Å². The van der Waals surface area contributed by atoms with Crippen molar-refractivity contribution in [3.05, 3.63) is 0 Å². The maximum atomic E-state index is 3.71. The summed E-state index contributed by atoms with van der Waals surface area (Å²) in [5.41, 5.74) is 0. The SMILES string of the molecule is CC#CCCC1CCCC1Br. The molecule has 0 amide bonds. The molecule has 1 saturated carbocycles. The summed E-state index contributed by atoms with van der Waals surface area (Å²) in [7, 11) is 0. The smallest absolute Gasteiger partial charge is 0.0174 e. The largest absolute Gasteiger partial charge is 0.107 e. The molecule has 1 heteroatoms. The second kappa shape index (κ2) is 4.83. The van der Waals surface area contributed by atoms with E-state index in [4.69, 9.17) is 0 Å². The molecule has 1 fully saturated rings. The summed E-state index contributed by atoms with van der Waals surface area (Å²) in [6.07, 6.45) is 6.55. The number of rotatable bonds is 2. The van der Waals surface area contributed by atoms with Crippen LogP contribution in [0.25, 0.3) is 0 Å². The van der Waals surface area contributed by atoms with Crippen LogP contribution in [0.5, 0.6) is 0 Å². The van der Waals surface area contributed by atoms with Crippen LogP contribution < -0.4 is 0 Å². The molecule has 0 nitrogen and oxygen atoms in total. The molecule has 11 heavy (non-hydrogen) atoms. The highest BCUT2D eigenvalue weighted by Gasteiger charge is 2.23. The van der Waals surface area contributed by atoms with E-state index in [9.17, 15) is 0 Å². The Morgan fingerprint density at radius 3 is 2.82 bits per heavy atom. The fraction of sp³-hybridized carbons (Fsp3) is 0.800. The molecule has 0 N–H and O–H groups in total. The second-order valence-corrected chi connectivity index (χ2v) is 4.35. The Labute approximate surface area is 77.9 Å². The molecule has 0 heterocycles. The van der Waals surface area contributed by atoms with Gasteiger partial charge in [0.25, 0.3) is 0 Å². The molecule has 0 aromatic heterocycles. The van der Waals surface area contributed by atoms with Crippen LogP contribution in [0, 0.1) is 17.8 Å². The van der Waals surface area contributed by atoms with Crippen molar-refractivity contribution in [3.8, 4) is 11.8 Å². The Balaban J connectivity index is 2.18. The van der Waals surface area contributed by atoms with Crippen LogP contribution in [-0.4, -0.2) is 4.83 Å². The van der Waals surface area contributed by atoms with Gasteiger partial charge in [0.15, 0.2) is 0 Å². The van der Waals surface area contributed by atoms with Crippen LogP contribution in [0.4, 0.5) is 0 Å². The van der Waals surface area contributed by atoms with Crippen molar-refractivity contribution >= 4 is 15.9 Å². The second-order valence-electron chi connectivity index (χ2n) is 3.17. The Bertz CT molecular complexity index is 163. The molecule has 0 aliphatic heterocycles. The van der Waals surface area contributed by atoms with Crippen molar-refractivity contribution in [2.75, 3.05) is 0 Å². The van der Waals surface area contributed by atoms with Gasteiger partial charge in [-0.3, -0.25) is 0 Å². The van der Waals surface area contributed by atoms with E-state index in [0.717, 1.165) is 17.2 Å². The van der Waals surface area contributed by atoms with Crippen molar-refractivity contribution < 1.29 is 0 Å². The van der Waals surface area contributed by atoms with E-state index >= 15 is 0 Å². The topological polar surface area (TPSA) is 0 Å². The van der Waals surface area contributed by atoms with Gasteiger partial charge < -0.3 is 0 Å². The number of alkyl halides is 1. The first-order valence-electron chi connectivity index (χ1n) is 4.38. The lowest BCUT2D eigenvalue weighted by molar-refractivity contribution is 0.527. The fourth-order valence-corrected chi connectivity index (χ4v) is 2.55. The first kappa shape index (κ1) is 9.13. The predicted octanol–water partition coefficient (Wildman–Crippen LogP) is 3.35. The number of halogens is 1. The highest BCUT2D eigenvalue weighted by Crippen LogP contribution is 2.34. The Morgan fingerprint density at radius 1 is 1.45 bits per heavy atom. The number of hydrogen-bond acceptors (Lipinski definition) is 0. The van der Waals surface area contributed by atoms with Gasteiger partial charge in [-0.1, -0.05) is 22.4 Å². The highest BCUT2D eigenvalue weighted by molar-refractivity contribution is 9.09. The lowest BCUT2D eigenvalue weighted by Crippen LogP contribution is -2.05. The lowest BCUT2D eigenvalue weighted by Gasteiger charge is -2.10. The minimum Gasteiger partial charge on any atom is -0.107 e. The van der Waals surface area contributed by atoms with E-state index in [1.165, 1.54) is 25.7 Å². The Hall–Kier alpha value is 0.0400. The van der Waals surface area contributed by atoms with Crippen LogP contribution in [-0.2, 0) is 0 Å². The zero-order valence-corrected chi connectivity index (χ0v) is 8.65. The predicted molar refractivity (Wildman–Crippen MR) is 52.7 cm³/mol. The van der Waals surface area contributed by atoms with E-state index < -0.39 is 0 Å². The van der Waals surface area contributed by atoms with Gasteiger partial charge in [-0.05, 0) is 32.1 Å². The molecule has 0 bridgehead atoms. The summed E-state index contributed by atoms with van der Waals surface area (Å²) in [6.45, 7) is 1.92. The van der Waals surface area contributed by atoms with E-state index in [1.807, 2.05) is 6.92 Å². The van der Waals surface area contributed by atoms with E-state index in [0.29, 0.717) is 0 Å². The first-order chi connectivity index (χ1) is 5.34. The number of hydrogen-bond donors (Lipinski definition) is 0. The normalized spacial score (nSPS) is 29.6. The molecule has 1 rings (SSSR count). The van der Waals surface area contributed by atoms with Gasteiger partial charge in [-0.25, -0.2) is 0 Å². The average molecular weight is 215 g/mol. The Morgan fingerprint density at radius 2 is 2.27 bits per heavy atom. The third kappa shape index (κ3) is 2.87. The maximum Gasteiger partial charge on any atom is 0.0174 e. The van der Waals surface area contributed by atoms with Crippen LogP contribution in [0.2, 0.25) is 0 Å². The quantitative estimate of drug-likeness (QED) is 0.489. The molecule has 1 aliphatic carbocycles.